The standard InChI is InChI=1S/C15H25N3O/c1-15(2,3)17-11-7-14(19)18(4)12-8-13-5-9-16-10-6-13/h5-6,9-10,17H,7-8,11-12H2,1-4H3. The predicted octanol–water partition coefficient (Wildman–Crippen LogP) is 1.86. The van der Waals surface area contributed by atoms with Gasteiger partial charge in [0.2, 0.25) is 5.91 Å². The molecular weight excluding hydrogens is 238 g/mol. The molecule has 0 spiro atoms. The van der Waals surface area contributed by atoms with Crippen LogP contribution in [0.1, 0.15) is 32.8 Å². The molecule has 0 saturated carbocycles. The van der Waals surface area contributed by atoms with E-state index in [1.165, 1.54) is 5.56 Å². The number of rotatable bonds is 6. The van der Waals surface area contributed by atoms with Gasteiger partial charge in [0.05, 0.1) is 0 Å². The van der Waals surface area contributed by atoms with Gasteiger partial charge in [0.25, 0.3) is 0 Å². The lowest BCUT2D eigenvalue weighted by molar-refractivity contribution is -0.129. The Kier molecular flexibility index (Phi) is 5.96. The molecule has 0 atom stereocenters. The summed E-state index contributed by atoms with van der Waals surface area (Å²) >= 11 is 0. The fourth-order valence-corrected chi connectivity index (χ4v) is 1.71. The Bertz CT molecular complexity index is 384. The van der Waals surface area contributed by atoms with Gasteiger partial charge < -0.3 is 10.2 Å². The van der Waals surface area contributed by atoms with Crippen molar-refractivity contribution in [2.24, 2.45) is 0 Å². The van der Waals surface area contributed by atoms with Crippen molar-refractivity contribution in [3.63, 3.8) is 0 Å². The number of likely N-dealkylation sites (N-methyl/N-ethyl adjacent to an activating group) is 1. The first kappa shape index (κ1) is 15.6. The first-order valence-corrected chi connectivity index (χ1v) is 6.76. The Morgan fingerprint density at radius 1 is 1.32 bits per heavy atom. The van der Waals surface area contributed by atoms with Crippen LogP contribution in [0.25, 0.3) is 0 Å². The molecule has 1 aromatic heterocycles. The molecule has 0 fully saturated rings. The third kappa shape index (κ3) is 6.91. The van der Waals surface area contributed by atoms with E-state index >= 15 is 0 Å². The third-order valence-electron chi connectivity index (χ3n) is 2.91. The van der Waals surface area contributed by atoms with E-state index in [1.54, 1.807) is 17.3 Å². The van der Waals surface area contributed by atoms with E-state index in [-0.39, 0.29) is 11.4 Å². The molecule has 0 unspecified atom stereocenters. The van der Waals surface area contributed by atoms with Crippen LogP contribution in [0.5, 0.6) is 0 Å². The van der Waals surface area contributed by atoms with Crippen LogP contribution in [-0.4, -0.2) is 41.5 Å². The number of amides is 1. The molecule has 106 valence electrons. The van der Waals surface area contributed by atoms with Crippen LogP contribution in [-0.2, 0) is 11.2 Å². The maximum atomic E-state index is 11.9. The Balaban J connectivity index is 2.25. The van der Waals surface area contributed by atoms with Crippen LogP contribution < -0.4 is 5.32 Å². The molecular formula is C15H25N3O. The molecule has 0 aliphatic carbocycles. The van der Waals surface area contributed by atoms with Crippen molar-refractivity contribution in [3.8, 4) is 0 Å². The van der Waals surface area contributed by atoms with Crippen molar-refractivity contribution in [2.75, 3.05) is 20.1 Å². The lowest BCUT2D eigenvalue weighted by Crippen LogP contribution is -2.39. The summed E-state index contributed by atoms with van der Waals surface area (Å²) in [6, 6.07) is 3.97. The Morgan fingerprint density at radius 3 is 2.53 bits per heavy atom. The highest BCUT2D eigenvalue weighted by atomic mass is 16.2. The zero-order chi connectivity index (χ0) is 14.3. The molecule has 1 aromatic rings. The highest BCUT2D eigenvalue weighted by molar-refractivity contribution is 5.76. The fourth-order valence-electron chi connectivity index (χ4n) is 1.71. The molecule has 0 aromatic carbocycles. The first-order valence-electron chi connectivity index (χ1n) is 6.76. The highest BCUT2D eigenvalue weighted by Crippen LogP contribution is 2.01. The van der Waals surface area contributed by atoms with E-state index < -0.39 is 0 Å². The maximum Gasteiger partial charge on any atom is 0.223 e. The Morgan fingerprint density at radius 2 is 1.95 bits per heavy atom. The summed E-state index contributed by atoms with van der Waals surface area (Å²) in [6.07, 6.45) is 4.98. The molecule has 1 amide bonds. The Hall–Kier alpha value is -1.42. The molecule has 4 heteroatoms. The number of hydrogen-bond acceptors (Lipinski definition) is 3. The van der Waals surface area contributed by atoms with Gasteiger partial charge in [-0.2, -0.15) is 0 Å². The van der Waals surface area contributed by atoms with Gasteiger partial charge in [0.1, 0.15) is 0 Å². The molecule has 0 bridgehead atoms. The zero-order valence-electron chi connectivity index (χ0n) is 12.4. The molecule has 0 aliphatic heterocycles. The van der Waals surface area contributed by atoms with Crippen LogP contribution >= 0.6 is 0 Å². The SMILES string of the molecule is CN(CCc1ccncc1)C(=O)CCNC(C)(C)C. The van der Waals surface area contributed by atoms with Gasteiger partial charge in [-0.15, -0.1) is 0 Å². The summed E-state index contributed by atoms with van der Waals surface area (Å²) in [7, 11) is 1.86. The second-order valence-corrected chi connectivity index (χ2v) is 5.85. The van der Waals surface area contributed by atoms with E-state index in [4.69, 9.17) is 0 Å². The zero-order valence-corrected chi connectivity index (χ0v) is 12.4. The maximum absolute atomic E-state index is 11.9. The summed E-state index contributed by atoms with van der Waals surface area (Å²) in [5, 5.41) is 3.33. The molecule has 19 heavy (non-hydrogen) atoms. The predicted molar refractivity (Wildman–Crippen MR) is 78.0 cm³/mol. The lowest BCUT2D eigenvalue weighted by Gasteiger charge is -2.22. The van der Waals surface area contributed by atoms with E-state index in [0.29, 0.717) is 6.42 Å². The van der Waals surface area contributed by atoms with Gasteiger partial charge in [-0.1, -0.05) is 0 Å². The molecule has 0 saturated heterocycles. The minimum absolute atomic E-state index is 0.0654. The first-order chi connectivity index (χ1) is 8.88. The smallest absolute Gasteiger partial charge is 0.223 e. The second-order valence-electron chi connectivity index (χ2n) is 5.85. The summed E-state index contributed by atoms with van der Waals surface area (Å²) in [6.45, 7) is 7.78. The number of nitrogens with zero attached hydrogens (tertiary/aromatic N) is 2. The summed E-state index contributed by atoms with van der Waals surface area (Å²) in [4.78, 5) is 17.7. The quantitative estimate of drug-likeness (QED) is 0.852. The summed E-state index contributed by atoms with van der Waals surface area (Å²) in [5.74, 6) is 0.186. The van der Waals surface area contributed by atoms with Crippen LogP contribution in [0, 0.1) is 0 Å². The summed E-state index contributed by atoms with van der Waals surface area (Å²) in [5.41, 5.74) is 1.28. The number of pyridine rings is 1. The van der Waals surface area contributed by atoms with Crippen LogP contribution in [0.15, 0.2) is 24.5 Å². The molecule has 1 rings (SSSR count). The normalized spacial score (nSPS) is 11.4. The van der Waals surface area contributed by atoms with Gasteiger partial charge in [-0.25, -0.2) is 0 Å². The van der Waals surface area contributed by atoms with Crippen molar-refractivity contribution in [2.45, 2.75) is 39.2 Å². The topological polar surface area (TPSA) is 45.2 Å². The molecule has 1 N–H and O–H groups in total. The van der Waals surface area contributed by atoms with Gasteiger partial charge in [-0.05, 0) is 44.9 Å². The van der Waals surface area contributed by atoms with E-state index in [2.05, 4.69) is 31.1 Å². The lowest BCUT2D eigenvalue weighted by atomic mass is 10.1. The second kappa shape index (κ2) is 7.24. The minimum Gasteiger partial charge on any atom is -0.345 e. The number of hydrogen-bond donors (Lipinski definition) is 1. The van der Waals surface area contributed by atoms with Crippen LogP contribution in [0.3, 0.4) is 0 Å². The largest absolute Gasteiger partial charge is 0.345 e. The number of nitrogens with one attached hydrogen (secondary N) is 1. The van der Waals surface area contributed by atoms with E-state index in [9.17, 15) is 4.79 Å². The van der Waals surface area contributed by atoms with Gasteiger partial charge in [0.15, 0.2) is 0 Å². The van der Waals surface area contributed by atoms with Crippen molar-refractivity contribution in [1.82, 2.24) is 15.2 Å². The van der Waals surface area contributed by atoms with Crippen molar-refractivity contribution < 1.29 is 4.79 Å². The summed E-state index contributed by atoms with van der Waals surface area (Å²) < 4.78 is 0. The van der Waals surface area contributed by atoms with Crippen molar-refractivity contribution >= 4 is 5.91 Å². The molecule has 1 heterocycles. The highest BCUT2D eigenvalue weighted by Gasteiger charge is 2.12. The number of carbonyl (C=O) groups is 1. The van der Waals surface area contributed by atoms with Gasteiger partial charge in [0, 0.05) is 44.5 Å². The average Bonchev–Trinajstić information content (AvgIpc) is 2.35. The Labute approximate surface area is 116 Å². The van der Waals surface area contributed by atoms with E-state index in [1.807, 2.05) is 19.2 Å². The van der Waals surface area contributed by atoms with Crippen LogP contribution in [0.4, 0.5) is 0 Å². The van der Waals surface area contributed by atoms with Crippen molar-refractivity contribution in [1.29, 1.82) is 0 Å². The van der Waals surface area contributed by atoms with E-state index in [0.717, 1.165) is 19.5 Å². The van der Waals surface area contributed by atoms with Crippen molar-refractivity contribution in [3.05, 3.63) is 30.1 Å². The molecule has 0 radical (unpaired) electrons. The van der Waals surface area contributed by atoms with Gasteiger partial charge >= 0.3 is 0 Å². The molecule has 4 nitrogen and oxygen atoms in total. The monoisotopic (exact) mass is 263 g/mol. The fraction of sp³-hybridized carbons (Fsp3) is 0.600. The van der Waals surface area contributed by atoms with Gasteiger partial charge in [-0.3, -0.25) is 9.78 Å². The average molecular weight is 263 g/mol. The number of aromatic nitrogens is 1. The number of carbonyl (C=O) groups excluding carboxylic acids is 1. The minimum atomic E-state index is 0.0654. The molecule has 0 aliphatic rings. The third-order valence-corrected chi connectivity index (χ3v) is 2.91. The van der Waals surface area contributed by atoms with Crippen LogP contribution in [0.2, 0.25) is 0 Å².